The van der Waals surface area contributed by atoms with Gasteiger partial charge < -0.3 is 39.4 Å². The summed E-state index contributed by atoms with van der Waals surface area (Å²) in [7, 11) is 1.45. The van der Waals surface area contributed by atoms with E-state index in [9.17, 15) is 24.6 Å². The molecule has 4 atom stereocenters. The lowest BCUT2D eigenvalue weighted by atomic mass is 9.87. The SMILES string of the molecule is COc1cc(C=O)cc(I)c1OC1C=C(C(=O)NCCO)CC(N(CCN2CCOCC2)C(=O)C2CCOC2)C1O. The zero-order valence-corrected chi connectivity index (χ0v) is 25.3. The monoisotopic (exact) mass is 687 g/mol. The zero-order chi connectivity index (χ0) is 29.4. The van der Waals surface area contributed by atoms with Crippen LogP contribution in [0.1, 0.15) is 23.2 Å². The number of aliphatic hydroxyl groups excluding tert-OH is 2. The number of benzene rings is 1. The van der Waals surface area contributed by atoms with Crippen LogP contribution in [0, 0.1) is 9.49 Å². The summed E-state index contributed by atoms with van der Waals surface area (Å²) in [5, 5.41) is 23.6. The molecule has 1 aromatic rings. The number of carbonyl (C=O) groups is 3. The van der Waals surface area contributed by atoms with Crippen LogP contribution in [0.3, 0.4) is 0 Å². The molecule has 0 spiro atoms. The van der Waals surface area contributed by atoms with E-state index in [1.165, 1.54) is 13.2 Å². The third kappa shape index (κ3) is 7.96. The molecule has 3 aliphatic rings. The summed E-state index contributed by atoms with van der Waals surface area (Å²) in [6.07, 6.45) is 0.777. The van der Waals surface area contributed by atoms with E-state index in [2.05, 4.69) is 10.2 Å². The van der Waals surface area contributed by atoms with Crippen molar-refractivity contribution in [1.82, 2.24) is 15.1 Å². The van der Waals surface area contributed by atoms with Crippen LogP contribution >= 0.6 is 22.6 Å². The van der Waals surface area contributed by atoms with Crippen LogP contribution in [-0.4, -0.2) is 129 Å². The molecular weight excluding hydrogens is 649 g/mol. The number of carbonyl (C=O) groups excluding carboxylic acids is 3. The van der Waals surface area contributed by atoms with Crippen molar-refractivity contribution in [1.29, 1.82) is 0 Å². The molecule has 0 bridgehead atoms. The number of hydrogen-bond donors (Lipinski definition) is 3. The molecule has 0 saturated carbocycles. The summed E-state index contributed by atoms with van der Waals surface area (Å²) in [6, 6.07) is 2.41. The van der Waals surface area contributed by atoms with Gasteiger partial charge in [0.2, 0.25) is 11.8 Å². The molecule has 2 aliphatic heterocycles. The van der Waals surface area contributed by atoms with Crippen LogP contribution < -0.4 is 14.8 Å². The molecule has 0 aromatic heterocycles. The van der Waals surface area contributed by atoms with Crippen LogP contribution in [0.15, 0.2) is 23.8 Å². The Morgan fingerprint density at radius 2 is 2.02 bits per heavy atom. The van der Waals surface area contributed by atoms with Crippen LogP contribution in [-0.2, 0) is 19.1 Å². The lowest BCUT2D eigenvalue weighted by Crippen LogP contribution is -2.57. The predicted molar refractivity (Wildman–Crippen MR) is 156 cm³/mol. The van der Waals surface area contributed by atoms with Gasteiger partial charge in [-0.2, -0.15) is 0 Å². The minimum absolute atomic E-state index is 0.0624. The van der Waals surface area contributed by atoms with Gasteiger partial charge in [-0.15, -0.1) is 0 Å². The number of methoxy groups -OCH3 is 1. The molecule has 12 nitrogen and oxygen atoms in total. The standard InChI is InChI=1S/C28H38IN3O9/c1-38-24-13-18(16-34)12-21(29)26(24)41-23-15-20(27(36)30-3-8-33)14-22(25(23)35)32(28(37)19-2-9-40-17-19)5-4-31-6-10-39-11-7-31/h12-13,15-16,19,22-23,25,33,35H,2-11,14,17H2,1H3,(H,30,36). The molecule has 4 unspecified atom stereocenters. The fourth-order valence-electron chi connectivity index (χ4n) is 5.32. The molecule has 2 saturated heterocycles. The molecule has 2 amide bonds. The normalized spacial score (nSPS) is 24.8. The van der Waals surface area contributed by atoms with Crippen LogP contribution in [0.5, 0.6) is 11.5 Å². The number of rotatable bonds is 12. The third-order valence-corrected chi connectivity index (χ3v) is 8.38. The molecule has 13 heteroatoms. The van der Waals surface area contributed by atoms with Gasteiger partial charge in [0.15, 0.2) is 11.5 Å². The average Bonchev–Trinajstić information content (AvgIpc) is 3.54. The molecule has 1 aliphatic carbocycles. The summed E-state index contributed by atoms with van der Waals surface area (Å²) in [5.74, 6) is -0.257. The molecule has 2 fully saturated rings. The second-order valence-electron chi connectivity index (χ2n) is 10.2. The maximum atomic E-state index is 13.8. The van der Waals surface area contributed by atoms with Gasteiger partial charge in [-0.05, 0) is 47.2 Å². The Morgan fingerprint density at radius 1 is 1.24 bits per heavy atom. The van der Waals surface area contributed by atoms with Gasteiger partial charge in [0.25, 0.3) is 0 Å². The third-order valence-electron chi connectivity index (χ3n) is 7.58. The topological polar surface area (TPSA) is 147 Å². The minimum atomic E-state index is -1.17. The first-order chi connectivity index (χ1) is 19.9. The van der Waals surface area contributed by atoms with E-state index in [1.54, 1.807) is 17.0 Å². The van der Waals surface area contributed by atoms with Crippen molar-refractivity contribution in [3.63, 3.8) is 0 Å². The van der Waals surface area contributed by atoms with E-state index < -0.39 is 24.2 Å². The Morgan fingerprint density at radius 3 is 2.68 bits per heavy atom. The van der Waals surface area contributed by atoms with Gasteiger partial charge in [0.1, 0.15) is 18.5 Å². The van der Waals surface area contributed by atoms with Crippen molar-refractivity contribution in [2.45, 2.75) is 31.1 Å². The highest BCUT2D eigenvalue weighted by Gasteiger charge is 2.42. The first-order valence-electron chi connectivity index (χ1n) is 13.8. The molecule has 3 N–H and O–H groups in total. The van der Waals surface area contributed by atoms with Gasteiger partial charge in [-0.25, -0.2) is 0 Å². The van der Waals surface area contributed by atoms with E-state index in [0.717, 1.165) is 13.1 Å². The Hall–Kier alpha value is -2.30. The molecule has 41 heavy (non-hydrogen) atoms. The lowest BCUT2D eigenvalue weighted by Gasteiger charge is -2.42. The maximum absolute atomic E-state index is 13.8. The van der Waals surface area contributed by atoms with Crippen LogP contribution in [0.2, 0.25) is 0 Å². The molecule has 2 heterocycles. The Balaban J connectivity index is 1.66. The second kappa shape index (κ2) is 15.3. The fraction of sp³-hybridized carbons (Fsp3) is 0.607. The zero-order valence-electron chi connectivity index (χ0n) is 23.1. The summed E-state index contributed by atoms with van der Waals surface area (Å²) >= 11 is 2.02. The van der Waals surface area contributed by atoms with Gasteiger partial charge in [-0.1, -0.05) is 0 Å². The number of halogens is 1. The Bertz CT molecular complexity index is 1110. The van der Waals surface area contributed by atoms with Crippen molar-refractivity contribution in [3.8, 4) is 11.5 Å². The van der Waals surface area contributed by atoms with E-state index >= 15 is 0 Å². The molecule has 1 aromatic carbocycles. The maximum Gasteiger partial charge on any atom is 0.247 e. The summed E-state index contributed by atoms with van der Waals surface area (Å²) in [6.45, 7) is 4.32. The number of morpholine rings is 1. The van der Waals surface area contributed by atoms with E-state index in [1.807, 2.05) is 22.6 Å². The van der Waals surface area contributed by atoms with Crippen molar-refractivity contribution < 1.29 is 43.5 Å². The highest BCUT2D eigenvalue weighted by atomic mass is 127. The second-order valence-corrected chi connectivity index (χ2v) is 11.4. The molecule has 0 radical (unpaired) electrons. The smallest absolute Gasteiger partial charge is 0.247 e. The highest BCUT2D eigenvalue weighted by molar-refractivity contribution is 14.1. The number of ether oxygens (including phenoxy) is 4. The Labute approximate surface area is 253 Å². The van der Waals surface area contributed by atoms with Gasteiger partial charge in [0.05, 0.1) is 49.1 Å². The van der Waals surface area contributed by atoms with Gasteiger partial charge in [0, 0.05) is 56.9 Å². The first kappa shape index (κ1) is 31.6. The van der Waals surface area contributed by atoms with Crippen LogP contribution in [0.4, 0.5) is 0 Å². The summed E-state index contributed by atoms with van der Waals surface area (Å²) in [5.41, 5.74) is 0.739. The number of hydrogen-bond acceptors (Lipinski definition) is 10. The minimum Gasteiger partial charge on any atom is -0.493 e. The van der Waals surface area contributed by atoms with Crippen molar-refractivity contribution in [2.24, 2.45) is 5.92 Å². The quantitative estimate of drug-likeness (QED) is 0.206. The first-order valence-corrected chi connectivity index (χ1v) is 14.9. The largest absolute Gasteiger partial charge is 0.493 e. The van der Waals surface area contributed by atoms with Crippen molar-refractivity contribution in [2.75, 3.05) is 72.9 Å². The Kier molecular flexibility index (Phi) is 11.8. The molecular formula is C28H38IN3O9. The predicted octanol–water partition coefficient (Wildman–Crippen LogP) is 0.225. The lowest BCUT2D eigenvalue weighted by molar-refractivity contribution is -0.143. The summed E-state index contributed by atoms with van der Waals surface area (Å²) < 4.78 is 23.3. The van der Waals surface area contributed by atoms with E-state index in [0.29, 0.717) is 78.4 Å². The molecule has 4 rings (SSSR count). The highest BCUT2D eigenvalue weighted by Crippen LogP contribution is 2.37. The number of aliphatic hydroxyl groups is 2. The average molecular weight is 688 g/mol. The van der Waals surface area contributed by atoms with Gasteiger partial charge >= 0.3 is 0 Å². The van der Waals surface area contributed by atoms with Crippen LogP contribution in [0.25, 0.3) is 0 Å². The van der Waals surface area contributed by atoms with Crippen molar-refractivity contribution in [3.05, 3.63) is 32.9 Å². The van der Waals surface area contributed by atoms with Gasteiger partial charge in [-0.3, -0.25) is 19.3 Å². The molecule has 226 valence electrons. The number of nitrogens with one attached hydrogen (secondary N) is 1. The number of nitrogens with zero attached hydrogens (tertiary/aromatic N) is 2. The number of amides is 2. The fourth-order valence-corrected chi connectivity index (χ4v) is 6.07. The van der Waals surface area contributed by atoms with Crippen molar-refractivity contribution >= 4 is 40.7 Å². The number of aldehydes is 1. The summed E-state index contributed by atoms with van der Waals surface area (Å²) in [4.78, 5) is 42.2. The van der Waals surface area contributed by atoms with E-state index in [-0.39, 0.29) is 31.4 Å². The van der Waals surface area contributed by atoms with E-state index in [4.69, 9.17) is 18.9 Å².